The molecule has 2 aromatic rings. The first-order valence-corrected chi connectivity index (χ1v) is 14.2. The minimum absolute atomic E-state index is 0.0710. The first kappa shape index (κ1) is 27.2. The molecule has 0 radical (unpaired) electrons. The SMILES string of the molecule is COC(=O)NC(CC(=O)N1CCc2ccc(-c3cc(N4CCN(C)CC4)nc(N)n3)cc2C1)C1CCCCC1. The van der Waals surface area contributed by atoms with Crippen LogP contribution in [0.3, 0.4) is 0 Å². The Morgan fingerprint density at radius 2 is 1.82 bits per heavy atom. The summed E-state index contributed by atoms with van der Waals surface area (Å²) >= 11 is 0. The fraction of sp³-hybridized carbons (Fsp3) is 0.586. The van der Waals surface area contributed by atoms with Gasteiger partial charge in [0.1, 0.15) is 5.82 Å². The summed E-state index contributed by atoms with van der Waals surface area (Å²) in [6.07, 6.45) is 6.20. The summed E-state index contributed by atoms with van der Waals surface area (Å²) in [6.45, 7) is 5.00. The van der Waals surface area contributed by atoms with E-state index in [-0.39, 0.29) is 17.9 Å². The third-order valence-electron chi connectivity index (χ3n) is 8.53. The Labute approximate surface area is 230 Å². The van der Waals surface area contributed by atoms with Gasteiger partial charge in [-0.3, -0.25) is 4.79 Å². The van der Waals surface area contributed by atoms with Crippen molar-refractivity contribution >= 4 is 23.8 Å². The number of piperazine rings is 1. The van der Waals surface area contributed by atoms with E-state index in [2.05, 4.69) is 50.3 Å². The first-order valence-electron chi connectivity index (χ1n) is 14.2. The zero-order valence-electron chi connectivity index (χ0n) is 23.2. The van der Waals surface area contributed by atoms with Crippen LogP contribution in [0.4, 0.5) is 16.6 Å². The highest BCUT2D eigenvalue weighted by Gasteiger charge is 2.30. The molecule has 5 rings (SSSR count). The molecule has 1 atom stereocenters. The van der Waals surface area contributed by atoms with Gasteiger partial charge in [0, 0.05) is 63.4 Å². The predicted molar refractivity (Wildman–Crippen MR) is 151 cm³/mol. The summed E-state index contributed by atoms with van der Waals surface area (Å²) in [5.41, 5.74) is 10.3. The van der Waals surface area contributed by atoms with E-state index in [4.69, 9.17) is 10.5 Å². The van der Waals surface area contributed by atoms with Crippen molar-refractivity contribution in [3.8, 4) is 11.3 Å². The number of nitrogens with one attached hydrogen (secondary N) is 1. The molecule has 10 nitrogen and oxygen atoms in total. The third kappa shape index (κ3) is 6.61. The molecule has 0 bridgehead atoms. The summed E-state index contributed by atoms with van der Waals surface area (Å²) in [4.78, 5) is 41.0. The number of aromatic nitrogens is 2. The Morgan fingerprint density at radius 1 is 1.05 bits per heavy atom. The number of fused-ring (bicyclic) bond motifs is 1. The Hall–Kier alpha value is -3.40. The summed E-state index contributed by atoms with van der Waals surface area (Å²) in [5, 5.41) is 2.95. The quantitative estimate of drug-likeness (QED) is 0.580. The average Bonchev–Trinajstić information content (AvgIpc) is 2.96. The van der Waals surface area contributed by atoms with Gasteiger partial charge in [0.15, 0.2) is 0 Å². The molecule has 1 aromatic carbocycles. The van der Waals surface area contributed by atoms with Gasteiger partial charge < -0.3 is 30.5 Å². The normalized spacial score (nSPS) is 19.3. The monoisotopic (exact) mass is 535 g/mol. The van der Waals surface area contributed by atoms with Crippen LogP contribution in [0.25, 0.3) is 11.3 Å². The molecule has 10 heteroatoms. The highest BCUT2D eigenvalue weighted by molar-refractivity contribution is 5.78. The zero-order valence-corrected chi connectivity index (χ0v) is 23.2. The summed E-state index contributed by atoms with van der Waals surface area (Å²) in [7, 11) is 3.50. The lowest BCUT2D eigenvalue weighted by molar-refractivity contribution is -0.133. The van der Waals surface area contributed by atoms with Crippen LogP contribution < -0.4 is 16.0 Å². The Morgan fingerprint density at radius 3 is 2.56 bits per heavy atom. The number of methoxy groups -OCH3 is 1. The highest BCUT2D eigenvalue weighted by Crippen LogP contribution is 2.31. The number of nitrogens with two attached hydrogens (primary N) is 1. The van der Waals surface area contributed by atoms with Gasteiger partial charge in [-0.1, -0.05) is 31.4 Å². The van der Waals surface area contributed by atoms with Crippen molar-refractivity contribution in [1.82, 2.24) is 25.1 Å². The molecular weight excluding hydrogens is 494 g/mol. The van der Waals surface area contributed by atoms with E-state index in [0.717, 1.165) is 80.9 Å². The van der Waals surface area contributed by atoms with Crippen molar-refractivity contribution in [2.75, 3.05) is 57.5 Å². The second-order valence-corrected chi connectivity index (χ2v) is 11.2. The van der Waals surface area contributed by atoms with E-state index in [9.17, 15) is 9.59 Å². The van der Waals surface area contributed by atoms with E-state index in [1.807, 2.05) is 11.0 Å². The maximum atomic E-state index is 13.5. The number of hydrogen-bond donors (Lipinski definition) is 2. The lowest BCUT2D eigenvalue weighted by Crippen LogP contribution is -2.46. The Balaban J connectivity index is 1.30. The average molecular weight is 536 g/mol. The largest absolute Gasteiger partial charge is 0.453 e. The first-order chi connectivity index (χ1) is 18.9. The van der Waals surface area contributed by atoms with Crippen LogP contribution in [0, 0.1) is 5.92 Å². The molecule has 1 aliphatic carbocycles. The topological polar surface area (TPSA) is 117 Å². The van der Waals surface area contributed by atoms with Gasteiger partial charge in [0.05, 0.1) is 12.8 Å². The van der Waals surface area contributed by atoms with Crippen LogP contribution in [-0.2, 0) is 22.5 Å². The molecule has 0 spiro atoms. The van der Waals surface area contributed by atoms with Crippen molar-refractivity contribution in [3.63, 3.8) is 0 Å². The fourth-order valence-corrected chi connectivity index (χ4v) is 6.13. The minimum atomic E-state index is -0.466. The second-order valence-electron chi connectivity index (χ2n) is 11.2. The number of ether oxygens (including phenoxy) is 1. The zero-order chi connectivity index (χ0) is 27.4. The van der Waals surface area contributed by atoms with Crippen LogP contribution in [0.15, 0.2) is 24.3 Å². The lowest BCUT2D eigenvalue weighted by atomic mass is 9.82. The summed E-state index contributed by atoms with van der Waals surface area (Å²) in [6, 6.07) is 8.18. The summed E-state index contributed by atoms with van der Waals surface area (Å²) in [5.74, 6) is 1.50. The Bertz CT molecular complexity index is 1180. The third-order valence-corrected chi connectivity index (χ3v) is 8.53. The fourth-order valence-electron chi connectivity index (χ4n) is 6.13. The molecule has 3 N–H and O–H groups in total. The second kappa shape index (κ2) is 12.2. The van der Waals surface area contributed by atoms with Crippen molar-refractivity contribution in [2.45, 2.75) is 57.5 Å². The number of anilines is 2. The highest BCUT2D eigenvalue weighted by atomic mass is 16.5. The van der Waals surface area contributed by atoms with Crippen LogP contribution >= 0.6 is 0 Å². The van der Waals surface area contributed by atoms with Crippen molar-refractivity contribution in [3.05, 3.63) is 35.4 Å². The number of carbonyl (C=O) groups is 2. The van der Waals surface area contributed by atoms with Gasteiger partial charge in [0.2, 0.25) is 11.9 Å². The predicted octanol–water partition coefficient (Wildman–Crippen LogP) is 3.06. The molecule has 1 unspecified atom stereocenters. The van der Waals surface area contributed by atoms with Crippen LogP contribution in [0.2, 0.25) is 0 Å². The molecular formula is C29H41N7O3. The maximum absolute atomic E-state index is 13.5. The van der Waals surface area contributed by atoms with E-state index in [1.165, 1.54) is 19.1 Å². The number of hydrogen-bond acceptors (Lipinski definition) is 8. The molecule has 3 aliphatic rings. The minimum Gasteiger partial charge on any atom is -0.453 e. The molecule has 1 saturated carbocycles. The van der Waals surface area contributed by atoms with Crippen LogP contribution in [-0.4, -0.2) is 84.7 Å². The molecule has 2 amide bonds. The number of rotatable bonds is 6. The van der Waals surface area contributed by atoms with Gasteiger partial charge in [-0.25, -0.2) is 9.78 Å². The number of nitrogens with zero attached hydrogens (tertiary/aromatic N) is 5. The number of likely N-dealkylation sites (N-methyl/N-ethyl adjacent to an activating group) is 1. The summed E-state index contributed by atoms with van der Waals surface area (Å²) < 4.78 is 4.86. The van der Waals surface area contributed by atoms with Gasteiger partial charge >= 0.3 is 6.09 Å². The molecule has 2 aliphatic heterocycles. The van der Waals surface area contributed by atoms with Crippen LogP contribution in [0.1, 0.15) is 49.7 Å². The standard InChI is InChI=1S/C29H41N7O3/c1-34-12-14-35(15-13-34)26-17-24(31-28(30)33-26)22-9-8-20-10-11-36(19-23(20)16-22)27(37)18-25(32-29(38)39-2)21-6-4-3-5-7-21/h8-9,16-17,21,25H,3-7,10-15,18-19H2,1-2H3,(H,32,38)(H2,30,31,33). The van der Waals surface area contributed by atoms with Crippen molar-refractivity contribution in [2.24, 2.45) is 5.92 Å². The molecule has 2 fully saturated rings. The van der Waals surface area contributed by atoms with Crippen molar-refractivity contribution < 1.29 is 14.3 Å². The van der Waals surface area contributed by atoms with Gasteiger partial charge in [-0.2, -0.15) is 4.98 Å². The Kier molecular flexibility index (Phi) is 8.50. The number of amides is 2. The van der Waals surface area contributed by atoms with Gasteiger partial charge in [-0.05, 0) is 49.4 Å². The van der Waals surface area contributed by atoms with Gasteiger partial charge in [0.25, 0.3) is 0 Å². The maximum Gasteiger partial charge on any atom is 0.407 e. The lowest BCUT2D eigenvalue weighted by Gasteiger charge is -2.34. The molecule has 1 aromatic heterocycles. The molecule has 1 saturated heterocycles. The smallest absolute Gasteiger partial charge is 0.407 e. The number of carbonyl (C=O) groups excluding carboxylic acids is 2. The number of nitrogen functional groups attached to an aromatic ring is 1. The molecule has 39 heavy (non-hydrogen) atoms. The van der Waals surface area contributed by atoms with E-state index in [0.29, 0.717) is 25.4 Å². The number of benzene rings is 1. The van der Waals surface area contributed by atoms with Gasteiger partial charge in [-0.15, -0.1) is 0 Å². The van der Waals surface area contributed by atoms with Crippen molar-refractivity contribution in [1.29, 1.82) is 0 Å². The van der Waals surface area contributed by atoms with E-state index in [1.54, 1.807) is 0 Å². The molecule has 210 valence electrons. The molecule has 3 heterocycles. The van der Waals surface area contributed by atoms with E-state index >= 15 is 0 Å². The van der Waals surface area contributed by atoms with Crippen LogP contribution in [0.5, 0.6) is 0 Å². The number of alkyl carbamates (subject to hydrolysis) is 1. The van der Waals surface area contributed by atoms with E-state index < -0.39 is 6.09 Å².